The van der Waals surface area contributed by atoms with Crippen LogP contribution in [0.25, 0.3) is 0 Å². The molecule has 0 nitrogen and oxygen atoms in total. The summed E-state index contributed by atoms with van der Waals surface area (Å²) in [4.78, 5) is 0. The smallest absolute Gasteiger partial charge is 0.524 e. The maximum Gasteiger partial charge on any atom is 1.00 e. The van der Waals surface area contributed by atoms with Crippen LogP contribution in [0.3, 0.4) is 0 Å². The van der Waals surface area contributed by atoms with E-state index in [1.807, 2.05) is 0 Å². The minimum Gasteiger partial charge on any atom is -0.524 e. The minimum atomic E-state index is 0. The molecular weight excluding hydrogens is 146 g/mol. The molecule has 0 amide bonds. The van der Waals surface area contributed by atoms with Crippen LogP contribution in [0, 0.1) is 20.8 Å². The summed E-state index contributed by atoms with van der Waals surface area (Å²) in [5.74, 6) is 0. The first-order chi connectivity index (χ1) is 4.61. The summed E-state index contributed by atoms with van der Waals surface area (Å²) in [7, 11) is 3.56. The first-order valence-corrected chi connectivity index (χ1v) is 3.90. The molecule has 1 aromatic rings. The van der Waals surface area contributed by atoms with Gasteiger partial charge in [-0.2, -0.15) is 0 Å². The van der Waals surface area contributed by atoms with E-state index in [0.717, 1.165) is 0 Å². The predicted octanol–water partition coefficient (Wildman–Crippen LogP) is -0.616. The number of rotatable bonds is 0. The number of hydrogen-bond donors (Lipinski definition) is 0. The van der Waals surface area contributed by atoms with E-state index in [9.17, 15) is 0 Å². The molecule has 54 valence electrons. The van der Waals surface area contributed by atoms with Crippen LogP contribution in [0.2, 0.25) is 0 Å². The van der Waals surface area contributed by atoms with Crippen molar-refractivity contribution in [1.82, 2.24) is 0 Å². The van der Waals surface area contributed by atoms with E-state index in [2.05, 4.69) is 42.1 Å². The van der Waals surface area contributed by atoms with Gasteiger partial charge in [-0.1, -0.05) is 28.8 Å². The molecule has 0 radical (unpaired) electrons. The van der Waals surface area contributed by atoms with Gasteiger partial charge in [0.2, 0.25) is 0 Å². The molecular formula is C9H12LiP. The van der Waals surface area contributed by atoms with Crippen molar-refractivity contribution in [2.75, 3.05) is 0 Å². The van der Waals surface area contributed by atoms with Gasteiger partial charge in [0.05, 0.1) is 0 Å². The molecule has 0 N–H and O–H groups in total. The topological polar surface area (TPSA) is 0 Å². The van der Waals surface area contributed by atoms with E-state index in [0.29, 0.717) is 0 Å². The maximum atomic E-state index is 3.56. The van der Waals surface area contributed by atoms with E-state index >= 15 is 0 Å². The third-order valence-electron chi connectivity index (χ3n) is 1.68. The van der Waals surface area contributed by atoms with Crippen LogP contribution in [-0.4, -0.2) is 0 Å². The molecule has 0 fully saturated rings. The van der Waals surface area contributed by atoms with Gasteiger partial charge in [0.25, 0.3) is 0 Å². The first kappa shape index (κ1) is 11.2. The molecule has 0 aromatic heterocycles. The number of hydrogen-bond acceptors (Lipinski definition) is 0. The Morgan fingerprint density at radius 2 is 1.36 bits per heavy atom. The minimum absolute atomic E-state index is 0. The fourth-order valence-corrected chi connectivity index (χ4v) is 1.32. The van der Waals surface area contributed by atoms with Crippen molar-refractivity contribution in [2.24, 2.45) is 0 Å². The second kappa shape index (κ2) is 4.32. The van der Waals surface area contributed by atoms with E-state index in [1.54, 1.807) is 0 Å². The Labute approximate surface area is 83.2 Å². The van der Waals surface area contributed by atoms with Crippen LogP contribution in [0.5, 0.6) is 0 Å². The molecule has 1 aromatic carbocycles. The van der Waals surface area contributed by atoms with Crippen molar-refractivity contribution in [2.45, 2.75) is 20.8 Å². The first-order valence-electron chi connectivity index (χ1n) is 3.40. The van der Waals surface area contributed by atoms with Crippen LogP contribution in [0.1, 0.15) is 16.7 Å². The standard InChI is InChI=1S/C9H12P.Li/c1-6-4-7(2)9(10)8(3)5-6;/h4-5,10H,1-3H3;/q-1;+1. The Hall–Kier alpha value is 0.247. The number of aryl methyl sites for hydroxylation is 3. The third kappa shape index (κ3) is 2.64. The fourth-order valence-electron chi connectivity index (χ4n) is 1.18. The fraction of sp³-hybridized carbons (Fsp3) is 0.333. The molecule has 0 aliphatic heterocycles. The Balaban J connectivity index is 0.000001000. The van der Waals surface area contributed by atoms with E-state index < -0.39 is 0 Å². The Morgan fingerprint density at radius 1 is 1.00 bits per heavy atom. The molecule has 1 rings (SSSR count). The van der Waals surface area contributed by atoms with E-state index in [-0.39, 0.29) is 18.9 Å². The van der Waals surface area contributed by atoms with Gasteiger partial charge in [-0.25, -0.2) is 5.30 Å². The van der Waals surface area contributed by atoms with Crippen molar-refractivity contribution in [3.8, 4) is 0 Å². The van der Waals surface area contributed by atoms with Gasteiger partial charge >= 0.3 is 18.9 Å². The summed E-state index contributed by atoms with van der Waals surface area (Å²) >= 11 is 0. The zero-order chi connectivity index (χ0) is 7.72. The van der Waals surface area contributed by atoms with Gasteiger partial charge < -0.3 is 9.24 Å². The van der Waals surface area contributed by atoms with Crippen LogP contribution < -0.4 is 24.2 Å². The van der Waals surface area contributed by atoms with Gasteiger partial charge in [-0.15, -0.1) is 0 Å². The Morgan fingerprint density at radius 3 is 1.73 bits per heavy atom. The molecule has 11 heavy (non-hydrogen) atoms. The molecule has 0 heterocycles. The summed E-state index contributed by atoms with van der Waals surface area (Å²) in [5.41, 5.74) is 3.96. The summed E-state index contributed by atoms with van der Waals surface area (Å²) < 4.78 is 0. The molecule has 0 aliphatic carbocycles. The maximum absolute atomic E-state index is 3.56. The molecule has 0 bridgehead atoms. The van der Waals surface area contributed by atoms with E-state index in [1.165, 1.54) is 22.0 Å². The van der Waals surface area contributed by atoms with E-state index in [4.69, 9.17) is 0 Å². The monoisotopic (exact) mass is 158 g/mol. The zero-order valence-electron chi connectivity index (χ0n) is 7.65. The summed E-state index contributed by atoms with van der Waals surface area (Å²) in [6.45, 7) is 6.34. The molecule has 0 unspecified atom stereocenters. The summed E-state index contributed by atoms with van der Waals surface area (Å²) in [6, 6.07) is 4.35. The molecule has 2 heteroatoms. The number of benzene rings is 1. The predicted molar refractivity (Wildman–Crippen MR) is 48.6 cm³/mol. The van der Waals surface area contributed by atoms with Crippen molar-refractivity contribution in [1.29, 1.82) is 0 Å². The average molecular weight is 158 g/mol. The normalized spacial score (nSPS) is 9.09. The van der Waals surface area contributed by atoms with Gasteiger partial charge in [0.1, 0.15) is 0 Å². The zero-order valence-corrected chi connectivity index (χ0v) is 8.65. The third-order valence-corrected chi connectivity index (χ3v) is 2.47. The second-order valence-corrected chi connectivity index (χ2v) is 3.27. The average Bonchev–Trinajstić information content (AvgIpc) is 1.82. The van der Waals surface area contributed by atoms with Crippen molar-refractivity contribution in [3.05, 3.63) is 28.8 Å². The molecule has 0 saturated heterocycles. The molecule has 0 spiro atoms. The van der Waals surface area contributed by atoms with Crippen LogP contribution in [0.15, 0.2) is 12.1 Å². The summed E-state index contributed by atoms with van der Waals surface area (Å²) in [5, 5.41) is 1.23. The Bertz CT molecular complexity index is 233. The van der Waals surface area contributed by atoms with Crippen molar-refractivity contribution < 1.29 is 18.9 Å². The van der Waals surface area contributed by atoms with Gasteiger partial charge in [0.15, 0.2) is 0 Å². The van der Waals surface area contributed by atoms with Crippen LogP contribution in [0.4, 0.5) is 0 Å². The van der Waals surface area contributed by atoms with Gasteiger partial charge in [-0.05, 0) is 20.8 Å². The molecule has 0 atom stereocenters. The molecule has 0 aliphatic rings. The SMILES string of the molecule is Cc1cc(C)c([PH-])c(C)c1.[Li+]. The Kier molecular flexibility index (Phi) is 4.41. The van der Waals surface area contributed by atoms with Gasteiger partial charge in [-0.3, -0.25) is 0 Å². The van der Waals surface area contributed by atoms with Crippen molar-refractivity contribution >= 4 is 14.5 Å². The largest absolute Gasteiger partial charge is 1.00 e. The van der Waals surface area contributed by atoms with Crippen molar-refractivity contribution in [3.63, 3.8) is 0 Å². The molecule has 0 saturated carbocycles. The quantitative estimate of drug-likeness (QED) is 0.349. The summed E-state index contributed by atoms with van der Waals surface area (Å²) in [6.07, 6.45) is 0. The van der Waals surface area contributed by atoms with Crippen LogP contribution >= 0.6 is 9.24 Å². The second-order valence-electron chi connectivity index (χ2n) is 2.77. The van der Waals surface area contributed by atoms with Crippen LogP contribution in [-0.2, 0) is 0 Å². The van der Waals surface area contributed by atoms with Gasteiger partial charge in [0, 0.05) is 0 Å².